The van der Waals surface area contributed by atoms with Gasteiger partial charge in [-0.25, -0.2) is 4.98 Å². The van der Waals surface area contributed by atoms with Crippen LogP contribution in [0.5, 0.6) is 0 Å². The predicted octanol–water partition coefficient (Wildman–Crippen LogP) is 2.83. The molecule has 0 bridgehead atoms. The summed E-state index contributed by atoms with van der Waals surface area (Å²) >= 11 is 0. The first kappa shape index (κ1) is 17.0. The first-order valence-corrected chi connectivity index (χ1v) is 10.7. The minimum atomic E-state index is -3.42. The number of para-hydroxylation sites is 2. The van der Waals surface area contributed by atoms with Crippen LogP contribution in [0.1, 0.15) is 50.4 Å². The van der Waals surface area contributed by atoms with E-state index in [2.05, 4.69) is 4.57 Å². The Balaban J connectivity index is 1.68. The molecule has 2 aromatic rings. The average molecular weight is 362 g/mol. The van der Waals surface area contributed by atoms with Crippen LogP contribution in [0.2, 0.25) is 0 Å². The molecule has 6 nitrogen and oxygen atoms in total. The van der Waals surface area contributed by atoms with Crippen molar-refractivity contribution < 1.29 is 8.42 Å². The molecule has 2 aliphatic heterocycles. The molecule has 1 aromatic carbocycles. The third-order valence-corrected chi connectivity index (χ3v) is 7.56. The highest BCUT2D eigenvalue weighted by molar-refractivity contribution is 7.86. The maximum Gasteiger partial charge on any atom is 0.282 e. The van der Waals surface area contributed by atoms with Crippen LogP contribution in [-0.4, -0.2) is 46.2 Å². The van der Waals surface area contributed by atoms with Crippen LogP contribution in [0.25, 0.3) is 11.0 Å². The molecule has 7 heteroatoms. The Bertz CT molecular complexity index is 853. The standard InChI is InChI=1S/C18H26N4O2S/c1-20-16-10-5-4-9-15(16)19-18(20)17-11-8-14-22(17)25(23,24)21-12-6-2-3-7-13-21/h4-5,9-10,17H,2-3,6-8,11-14H2,1H3. The topological polar surface area (TPSA) is 58.4 Å². The first-order chi connectivity index (χ1) is 12.1. The van der Waals surface area contributed by atoms with Crippen molar-refractivity contribution >= 4 is 21.2 Å². The summed E-state index contributed by atoms with van der Waals surface area (Å²) in [6.07, 6.45) is 5.90. The van der Waals surface area contributed by atoms with E-state index in [1.165, 1.54) is 0 Å². The lowest BCUT2D eigenvalue weighted by Crippen LogP contribution is -2.44. The van der Waals surface area contributed by atoms with Crippen molar-refractivity contribution in [2.45, 2.75) is 44.6 Å². The van der Waals surface area contributed by atoms with Gasteiger partial charge in [0, 0.05) is 26.7 Å². The van der Waals surface area contributed by atoms with E-state index in [4.69, 9.17) is 4.98 Å². The molecule has 4 rings (SSSR count). The van der Waals surface area contributed by atoms with E-state index in [0.29, 0.717) is 19.6 Å². The van der Waals surface area contributed by atoms with Gasteiger partial charge in [-0.1, -0.05) is 25.0 Å². The molecule has 1 atom stereocenters. The predicted molar refractivity (Wildman–Crippen MR) is 98.4 cm³/mol. The summed E-state index contributed by atoms with van der Waals surface area (Å²) in [7, 11) is -1.44. The number of rotatable bonds is 3. The molecule has 136 valence electrons. The van der Waals surface area contributed by atoms with Gasteiger partial charge in [0.05, 0.1) is 17.1 Å². The van der Waals surface area contributed by atoms with Crippen molar-refractivity contribution in [3.05, 3.63) is 30.1 Å². The number of hydrogen-bond donors (Lipinski definition) is 0. The van der Waals surface area contributed by atoms with E-state index in [-0.39, 0.29) is 6.04 Å². The summed E-state index contributed by atoms with van der Waals surface area (Å²) in [5.74, 6) is 0.858. The molecule has 0 radical (unpaired) electrons. The molecule has 2 fully saturated rings. The molecule has 0 amide bonds. The lowest BCUT2D eigenvalue weighted by molar-refractivity contribution is 0.322. The van der Waals surface area contributed by atoms with Crippen LogP contribution in [-0.2, 0) is 17.3 Å². The van der Waals surface area contributed by atoms with Gasteiger partial charge in [-0.2, -0.15) is 17.0 Å². The molecule has 2 saturated heterocycles. The quantitative estimate of drug-likeness (QED) is 0.844. The van der Waals surface area contributed by atoms with Crippen LogP contribution in [0.3, 0.4) is 0 Å². The molecule has 0 aliphatic carbocycles. The highest BCUT2D eigenvalue weighted by atomic mass is 32.2. The molecule has 3 heterocycles. The summed E-state index contributed by atoms with van der Waals surface area (Å²) in [5, 5.41) is 0. The van der Waals surface area contributed by atoms with E-state index in [9.17, 15) is 8.42 Å². The van der Waals surface area contributed by atoms with Gasteiger partial charge in [0.15, 0.2) is 0 Å². The maximum atomic E-state index is 13.3. The van der Waals surface area contributed by atoms with E-state index in [0.717, 1.165) is 55.4 Å². The minimum absolute atomic E-state index is 0.161. The molecule has 0 saturated carbocycles. The van der Waals surface area contributed by atoms with E-state index in [1.54, 1.807) is 8.61 Å². The highest BCUT2D eigenvalue weighted by Crippen LogP contribution is 2.36. The molecule has 1 unspecified atom stereocenters. The summed E-state index contributed by atoms with van der Waals surface area (Å²) < 4.78 is 32.0. The van der Waals surface area contributed by atoms with Gasteiger partial charge in [0.25, 0.3) is 10.2 Å². The number of aryl methyl sites for hydroxylation is 1. The number of nitrogens with zero attached hydrogens (tertiary/aromatic N) is 4. The summed E-state index contributed by atoms with van der Waals surface area (Å²) in [4.78, 5) is 4.76. The largest absolute Gasteiger partial charge is 0.330 e. The molecule has 0 N–H and O–H groups in total. The highest BCUT2D eigenvalue weighted by Gasteiger charge is 2.40. The zero-order valence-electron chi connectivity index (χ0n) is 14.8. The third-order valence-electron chi connectivity index (χ3n) is 5.51. The van der Waals surface area contributed by atoms with Crippen molar-refractivity contribution in [3.8, 4) is 0 Å². The van der Waals surface area contributed by atoms with Crippen LogP contribution in [0.4, 0.5) is 0 Å². The second-order valence-electron chi connectivity index (χ2n) is 7.11. The normalized spacial score (nSPS) is 24.0. The molecule has 1 aromatic heterocycles. The molecular formula is C18H26N4O2S. The Hall–Kier alpha value is -1.44. The summed E-state index contributed by atoms with van der Waals surface area (Å²) in [6.45, 7) is 1.88. The van der Waals surface area contributed by atoms with Gasteiger partial charge in [-0.15, -0.1) is 0 Å². The molecule has 2 aliphatic rings. The number of aromatic nitrogens is 2. The second-order valence-corrected chi connectivity index (χ2v) is 8.99. The van der Waals surface area contributed by atoms with Gasteiger partial charge in [0.2, 0.25) is 0 Å². The van der Waals surface area contributed by atoms with Crippen molar-refractivity contribution in [1.29, 1.82) is 0 Å². The second kappa shape index (κ2) is 6.70. The lowest BCUT2D eigenvalue weighted by atomic mass is 10.2. The van der Waals surface area contributed by atoms with Gasteiger partial charge in [-0.3, -0.25) is 0 Å². The Morgan fingerprint density at radius 1 is 1.00 bits per heavy atom. The van der Waals surface area contributed by atoms with Gasteiger partial charge in [0.1, 0.15) is 5.82 Å². The van der Waals surface area contributed by atoms with Gasteiger partial charge < -0.3 is 4.57 Å². The van der Waals surface area contributed by atoms with E-state index in [1.807, 2.05) is 31.3 Å². The number of benzene rings is 1. The number of fused-ring (bicyclic) bond motifs is 1. The first-order valence-electron chi connectivity index (χ1n) is 9.27. The lowest BCUT2D eigenvalue weighted by Gasteiger charge is -2.30. The van der Waals surface area contributed by atoms with E-state index >= 15 is 0 Å². The average Bonchev–Trinajstić information content (AvgIpc) is 3.11. The summed E-state index contributed by atoms with van der Waals surface area (Å²) in [6, 6.07) is 7.83. The maximum absolute atomic E-state index is 13.3. The van der Waals surface area contributed by atoms with Crippen molar-refractivity contribution in [2.24, 2.45) is 7.05 Å². The smallest absolute Gasteiger partial charge is 0.282 e. The van der Waals surface area contributed by atoms with Crippen LogP contribution in [0.15, 0.2) is 24.3 Å². The van der Waals surface area contributed by atoms with Gasteiger partial charge in [-0.05, 0) is 37.8 Å². The third kappa shape index (κ3) is 2.98. The Morgan fingerprint density at radius 2 is 1.72 bits per heavy atom. The van der Waals surface area contributed by atoms with Crippen molar-refractivity contribution in [3.63, 3.8) is 0 Å². The molecular weight excluding hydrogens is 336 g/mol. The zero-order chi connectivity index (χ0) is 17.4. The van der Waals surface area contributed by atoms with Gasteiger partial charge >= 0.3 is 0 Å². The Morgan fingerprint density at radius 3 is 2.44 bits per heavy atom. The monoisotopic (exact) mass is 362 g/mol. The Labute approximate surface area is 149 Å². The van der Waals surface area contributed by atoms with Crippen LogP contribution >= 0.6 is 0 Å². The fraction of sp³-hybridized carbons (Fsp3) is 0.611. The van der Waals surface area contributed by atoms with Crippen molar-refractivity contribution in [1.82, 2.24) is 18.2 Å². The number of imidazole rings is 1. The zero-order valence-corrected chi connectivity index (χ0v) is 15.6. The van der Waals surface area contributed by atoms with Crippen LogP contribution in [0, 0.1) is 0 Å². The van der Waals surface area contributed by atoms with Crippen LogP contribution < -0.4 is 0 Å². The number of hydrogen-bond acceptors (Lipinski definition) is 3. The molecule has 0 spiro atoms. The summed E-state index contributed by atoms with van der Waals surface area (Å²) in [5.41, 5.74) is 1.98. The molecule has 25 heavy (non-hydrogen) atoms. The van der Waals surface area contributed by atoms with E-state index < -0.39 is 10.2 Å². The Kier molecular flexibility index (Phi) is 4.56. The minimum Gasteiger partial charge on any atom is -0.330 e. The SMILES string of the molecule is Cn1c(C2CCCN2S(=O)(=O)N2CCCCCC2)nc2ccccc21. The fourth-order valence-corrected chi connectivity index (χ4v) is 6.05. The fourth-order valence-electron chi connectivity index (χ4n) is 4.16. The van der Waals surface area contributed by atoms with Crippen molar-refractivity contribution in [2.75, 3.05) is 19.6 Å².